The Labute approximate surface area is 258 Å². The zero-order valence-electron chi connectivity index (χ0n) is 24.6. The Morgan fingerprint density at radius 3 is 2.44 bits per heavy atom. The van der Waals surface area contributed by atoms with E-state index in [-0.39, 0.29) is 17.2 Å². The fraction of sp³-hybridized carbons (Fsp3) is 0.387. The highest BCUT2D eigenvalue weighted by Gasteiger charge is 2.33. The Morgan fingerprint density at radius 2 is 1.78 bits per heavy atom. The Bertz CT molecular complexity index is 1760. The lowest BCUT2D eigenvalue weighted by atomic mass is 9.98. The number of aromatic nitrogens is 2. The topological polar surface area (TPSA) is 105 Å². The molecule has 2 aliphatic heterocycles. The van der Waals surface area contributed by atoms with E-state index in [2.05, 4.69) is 32.0 Å². The normalized spacial score (nSPS) is 16.6. The second kappa shape index (κ2) is 13.1. The molecule has 0 spiro atoms. The molecule has 9 nitrogen and oxygen atoms in total. The van der Waals surface area contributed by atoms with Crippen molar-refractivity contribution in [2.45, 2.75) is 25.9 Å². The minimum Gasteiger partial charge on any atom is -0.378 e. The fourth-order valence-electron chi connectivity index (χ4n) is 5.25. The summed E-state index contributed by atoms with van der Waals surface area (Å²) in [5.74, 6) is 4.80. The Morgan fingerprint density at radius 1 is 1.07 bits per heavy atom. The van der Waals surface area contributed by atoms with Gasteiger partial charge in [-0.1, -0.05) is 5.92 Å². The van der Waals surface area contributed by atoms with Crippen LogP contribution in [0, 0.1) is 30.5 Å². The molecule has 2 fully saturated rings. The van der Waals surface area contributed by atoms with Gasteiger partial charge in [-0.3, -0.25) is 9.78 Å². The molecule has 1 aromatic carbocycles. The molecule has 3 aromatic rings. The molecule has 1 amide bonds. The molecule has 0 saturated carbocycles. The molecule has 5 rings (SSSR count). The number of halogens is 4. The lowest BCUT2D eigenvalue weighted by Gasteiger charge is -2.30. The fourth-order valence-corrected chi connectivity index (χ4v) is 6.12. The van der Waals surface area contributed by atoms with Crippen molar-refractivity contribution in [1.82, 2.24) is 14.3 Å². The summed E-state index contributed by atoms with van der Waals surface area (Å²) < 4.78 is 85.0. The van der Waals surface area contributed by atoms with Crippen LogP contribution < -0.4 is 10.2 Å². The number of sulfonamides is 1. The number of carbonyl (C=O) groups is 1. The van der Waals surface area contributed by atoms with E-state index in [1.807, 2.05) is 6.07 Å². The summed E-state index contributed by atoms with van der Waals surface area (Å²) in [6.07, 6.45) is 0.167. The average molecular weight is 646 g/mol. The number of pyridine rings is 2. The zero-order valence-corrected chi connectivity index (χ0v) is 25.4. The van der Waals surface area contributed by atoms with Gasteiger partial charge in [-0.15, -0.1) is 0 Å². The quantitative estimate of drug-likeness (QED) is 0.316. The molecule has 2 aliphatic rings. The van der Waals surface area contributed by atoms with Gasteiger partial charge in [-0.25, -0.2) is 22.1 Å². The first-order valence-corrected chi connectivity index (χ1v) is 16.1. The summed E-state index contributed by atoms with van der Waals surface area (Å²) in [4.78, 5) is 22.8. The highest BCUT2D eigenvalue weighted by Crippen LogP contribution is 2.33. The minimum atomic E-state index is -4.74. The number of benzene rings is 1. The van der Waals surface area contributed by atoms with E-state index in [0.717, 1.165) is 18.0 Å². The van der Waals surface area contributed by atoms with E-state index in [4.69, 9.17) is 4.74 Å². The molecule has 0 aliphatic carbocycles. The lowest BCUT2D eigenvalue weighted by Crippen LogP contribution is -2.37. The molecule has 45 heavy (non-hydrogen) atoms. The predicted octanol–water partition coefficient (Wildman–Crippen LogP) is 4.72. The largest absolute Gasteiger partial charge is 0.433 e. The second-order valence-electron chi connectivity index (χ2n) is 10.9. The molecule has 4 heterocycles. The molecule has 0 bridgehead atoms. The first kappa shape index (κ1) is 32.3. The van der Waals surface area contributed by atoms with Gasteiger partial charge >= 0.3 is 6.18 Å². The highest BCUT2D eigenvalue weighted by atomic mass is 32.2. The number of rotatable bonds is 5. The molecule has 1 N–H and O–H groups in total. The van der Waals surface area contributed by atoms with Gasteiger partial charge in [0.1, 0.15) is 17.2 Å². The van der Waals surface area contributed by atoms with Crippen LogP contribution in [0.1, 0.15) is 40.2 Å². The number of piperidine rings is 1. The van der Waals surface area contributed by atoms with Crippen LogP contribution in [-0.2, 0) is 20.9 Å². The van der Waals surface area contributed by atoms with Crippen molar-refractivity contribution >= 4 is 27.3 Å². The lowest BCUT2D eigenvalue weighted by molar-refractivity contribution is -0.141. The van der Waals surface area contributed by atoms with Crippen LogP contribution in [0.15, 0.2) is 42.7 Å². The summed E-state index contributed by atoms with van der Waals surface area (Å²) >= 11 is 0. The van der Waals surface area contributed by atoms with E-state index in [0.29, 0.717) is 80.7 Å². The van der Waals surface area contributed by atoms with Gasteiger partial charge in [-0.2, -0.15) is 13.2 Å². The molecule has 2 aromatic heterocycles. The molecule has 2 saturated heterocycles. The van der Waals surface area contributed by atoms with Crippen LogP contribution in [0.5, 0.6) is 0 Å². The van der Waals surface area contributed by atoms with Crippen LogP contribution in [0.2, 0.25) is 0 Å². The number of morpholine rings is 1. The van der Waals surface area contributed by atoms with Crippen LogP contribution in [0.25, 0.3) is 11.1 Å². The van der Waals surface area contributed by atoms with Crippen molar-refractivity contribution in [3.8, 4) is 23.0 Å². The third-order valence-electron chi connectivity index (χ3n) is 7.72. The van der Waals surface area contributed by atoms with Crippen molar-refractivity contribution in [3.05, 3.63) is 71.1 Å². The van der Waals surface area contributed by atoms with E-state index in [9.17, 15) is 30.8 Å². The van der Waals surface area contributed by atoms with Gasteiger partial charge in [0.15, 0.2) is 0 Å². The van der Waals surface area contributed by atoms with Crippen LogP contribution >= 0.6 is 0 Å². The summed E-state index contributed by atoms with van der Waals surface area (Å²) in [6.45, 7) is 4.75. The molecular weight excluding hydrogens is 614 g/mol. The molecule has 0 unspecified atom stereocenters. The first-order chi connectivity index (χ1) is 21.3. The predicted molar refractivity (Wildman–Crippen MR) is 161 cm³/mol. The van der Waals surface area contributed by atoms with Crippen molar-refractivity contribution < 1.29 is 35.5 Å². The number of hydrogen-bond acceptors (Lipinski definition) is 7. The number of hydrogen-bond donors (Lipinski definition) is 1. The number of nitrogens with one attached hydrogen (secondary N) is 1. The van der Waals surface area contributed by atoms with Crippen molar-refractivity contribution in [1.29, 1.82) is 0 Å². The summed E-state index contributed by atoms with van der Waals surface area (Å²) in [6, 6.07) is 6.28. The number of carbonyl (C=O) groups excluding carboxylic acids is 1. The average Bonchev–Trinajstić information content (AvgIpc) is 3.01. The maximum absolute atomic E-state index is 15.0. The summed E-state index contributed by atoms with van der Waals surface area (Å²) in [5.41, 5.74) is 1.28. The summed E-state index contributed by atoms with van der Waals surface area (Å²) in [7, 11) is -3.24. The van der Waals surface area contributed by atoms with E-state index in [1.165, 1.54) is 22.7 Å². The molecule has 238 valence electrons. The van der Waals surface area contributed by atoms with Crippen molar-refractivity contribution in [3.63, 3.8) is 0 Å². The van der Waals surface area contributed by atoms with Crippen molar-refractivity contribution in [2.75, 3.05) is 55.9 Å². The van der Waals surface area contributed by atoms with Crippen LogP contribution in [-0.4, -0.2) is 74.2 Å². The number of ether oxygens (including phenoxy) is 1. The SMILES string of the molecule is Cc1cc(F)c(NC(=O)c2ccnc(C(F)(F)F)c2)cc1-c1cnc(C#CC2CCN(S(C)(=O)=O)CC2)c(N2CCOCC2)c1. The van der Waals surface area contributed by atoms with E-state index in [1.54, 1.807) is 13.1 Å². The molecule has 0 atom stereocenters. The molecular formula is C31H31F4N5O4S. The molecule has 0 radical (unpaired) electrons. The Balaban J connectivity index is 1.44. The van der Waals surface area contributed by atoms with Gasteiger partial charge in [0.05, 0.1) is 30.8 Å². The number of nitrogens with zero attached hydrogens (tertiary/aromatic N) is 4. The van der Waals surface area contributed by atoms with E-state index < -0.39 is 33.6 Å². The molecule has 14 heteroatoms. The standard InChI is InChI=1S/C31H31F4N5O4S/c1-20-15-25(32)27(38-30(41)22-5-8-36-29(17-22)31(33,34)35)18-24(20)23-16-28(39-11-13-44-14-12-39)26(37-19-23)4-3-21-6-9-40(10-7-21)45(2,42)43/h5,8,15-19,21H,6-7,9-14H2,1-2H3,(H,38,41). The number of alkyl halides is 3. The summed E-state index contributed by atoms with van der Waals surface area (Å²) in [5, 5.41) is 2.38. The van der Waals surface area contributed by atoms with Crippen LogP contribution in [0.3, 0.4) is 0 Å². The van der Waals surface area contributed by atoms with Crippen LogP contribution in [0.4, 0.5) is 28.9 Å². The van der Waals surface area contributed by atoms with Gasteiger partial charge in [0.2, 0.25) is 10.0 Å². The second-order valence-corrected chi connectivity index (χ2v) is 12.9. The van der Waals surface area contributed by atoms with Gasteiger partial charge < -0.3 is 15.0 Å². The van der Waals surface area contributed by atoms with Gasteiger partial charge in [-0.05, 0) is 67.1 Å². The van der Waals surface area contributed by atoms with Gasteiger partial charge in [0, 0.05) is 55.6 Å². The third kappa shape index (κ3) is 7.78. The van der Waals surface area contributed by atoms with Crippen molar-refractivity contribution in [2.24, 2.45) is 5.92 Å². The van der Waals surface area contributed by atoms with E-state index >= 15 is 0 Å². The third-order valence-corrected chi connectivity index (χ3v) is 9.03. The smallest absolute Gasteiger partial charge is 0.378 e. The van der Waals surface area contributed by atoms with Gasteiger partial charge in [0.25, 0.3) is 5.91 Å². The zero-order chi connectivity index (χ0) is 32.4. The Hall–Kier alpha value is -4.06. The maximum atomic E-state index is 15.0. The highest BCUT2D eigenvalue weighted by molar-refractivity contribution is 7.88. The first-order valence-electron chi connectivity index (χ1n) is 14.2. The number of amides is 1. The minimum absolute atomic E-state index is 0.0140. The monoisotopic (exact) mass is 645 g/mol. The number of anilines is 2. The maximum Gasteiger partial charge on any atom is 0.433 e. The number of aryl methyl sites for hydroxylation is 1. The Kier molecular flexibility index (Phi) is 9.43.